The SMILES string of the molecule is CC(C)(C)[Si](C)(C)C#CC(CCCCO[Si](c1ccccc1)(c1ccccc1)C(C)(C)C)CC(F)(F)F. The zero-order valence-corrected chi connectivity index (χ0v) is 25.9. The molecule has 1 atom stereocenters. The smallest absolute Gasteiger partial charge is 0.390 e. The van der Waals surface area contributed by atoms with Crippen LogP contribution < -0.4 is 10.4 Å². The summed E-state index contributed by atoms with van der Waals surface area (Å²) in [5.74, 6) is 2.40. The van der Waals surface area contributed by atoms with Gasteiger partial charge in [0.1, 0.15) is 8.07 Å². The number of halogens is 3. The molecule has 37 heavy (non-hydrogen) atoms. The summed E-state index contributed by atoms with van der Waals surface area (Å²) < 4.78 is 46.9. The van der Waals surface area contributed by atoms with Crippen molar-refractivity contribution in [1.29, 1.82) is 0 Å². The lowest BCUT2D eigenvalue weighted by atomic mass is 9.99. The maximum absolute atomic E-state index is 13.3. The van der Waals surface area contributed by atoms with Crippen LogP contribution in [0.25, 0.3) is 0 Å². The molecule has 0 radical (unpaired) electrons. The number of hydrogen-bond donors (Lipinski definition) is 0. The molecule has 1 nitrogen and oxygen atoms in total. The van der Waals surface area contributed by atoms with Crippen LogP contribution in [0.2, 0.25) is 23.2 Å². The molecular weight excluding hydrogens is 502 g/mol. The molecule has 0 aliphatic rings. The molecule has 6 heteroatoms. The Labute approximate surface area is 225 Å². The first-order valence-corrected chi connectivity index (χ1v) is 18.2. The van der Waals surface area contributed by atoms with Gasteiger partial charge in [-0.3, -0.25) is 0 Å². The number of hydrogen-bond acceptors (Lipinski definition) is 1. The third kappa shape index (κ3) is 8.59. The van der Waals surface area contributed by atoms with Gasteiger partial charge < -0.3 is 4.43 Å². The zero-order chi connectivity index (χ0) is 28.0. The minimum atomic E-state index is -4.21. The minimum Gasteiger partial charge on any atom is -0.407 e. The van der Waals surface area contributed by atoms with Crippen LogP contribution >= 0.6 is 0 Å². The molecule has 2 rings (SSSR count). The second-order valence-electron chi connectivity index (χ2n) is 12.7. The number of unbranched alkanes of at least 4 members (excludes halogenated alkanes) is 1. The molecule has 0 aliphatic carbocycles. The number of rotatable bonds is 9. The van der Waals surface area contributed by atoms with Crippen molar-refractivity contribution in [2.75, 3.05) is 6.61 Å². The summed E-state index contributed by atoms with van der Waals surface area (Å²) in [6.07, 6.45) is -3.25. The molecule has 2 aromatic rings. The molecule has 2 aromatic carbocycles. The van der Waals surface area contributed by atoms with Crippen LogP contribution in [0, 0.1) is 17.4 Å². The Morgan fingerprint density at radius 2 is 1.24 bits per heavy atom. The molecule has 0 amide bonds. The van der Waals surface area contributed by atoms with Gasteiger partial charge in [-0.05, 0) is 39.7 Å². The molecule has 0 saturated heterocycles. The molecule has 0 aromatic heterocycles. The molecule has 0 spiro atoms. The molecule has 204 valence electrons. The summed E-state index contributed by atoms with van der Waals surface area (Å²) in [4.78, 5) is 0. The van der Waals surface area contributed by atoms with E-state index in [2.05, 4.69) is 115 Å². The van der Waals surface area contributed by atoms with Gasteiger partial charge >= 0.3 is 6.18 Å². The summed E-state index contributed by atoms with van der Waals surface area (Å²) in [6.45, 7) is 17.9. The van der Waals surface area contributed by atoms with Crippen LogP contribution in [0.3, 0.4) is 0 Å². The van der Waals surface area contributed by atoms with E-state index < -0.39 is 34.9 Å². The quantitative estimate of drug-likeness (QED) is 0.174. The van der Waals surface area contributed by atoms with Gasteiger partial charge in [-0.15, -0.1) is 11.5 Å². The second-order valence-corrected chi connectivity index (χ2v) is 22.0. The lowest BCUT2D eigenvalue weighted by Crippen LogP contribution is -2.66. The van der Waals surface area contributed by atoms with Gasteiger partial charge in [0.15, 0.2) is 0 Å². The lowest BCUT2D eigenvalue weighted by Gasteiger charge is -2.43. The Bertz CT molecular complexity index is 984. The molecule has 1 unspecified atom stereocenters. The standard InChI is InChI=1S/C31H45F3OSi2/c1-29(2,3)36(7,8)24-22-26(25-31(32,33)34)17-15-16-23-35-37(30(4,5)6,27-18-11-9-12-19-27)28-20-13-10-14-21-28/h9-14,18-21,26H,15-17,23,25H2,1-8H3. The Morgan fingerprint density at radius 3 is 1.65 bits per heavy atom. The summed E-state index contributed by atoms with van der Waals surface area (Å²) in [5.41, 5.74) is 3.31. The van der Waals surface area contributed by atoms with E-state index in [0.717, 1.165) is 0 Å². The Hall–Kier alpha value is -1.82. The van der Waals surface area contributed by atoms with E-state index in [4.69, 9.17) is 4.43 Å². The average molecular weight is 547 g/mol. The van der Waals surface area contributed by atoms with Gasteiger partial charge in [0.25, 0.3) is 8.32 Å². The largest absolute Gasteiger partial charge is 0.407 e. The van der Waals surface area contributed by atoms with E-state index in [0.29, 0.717) is 25.9 Å². The maximum atomic E-state index is 13.3. The van der Waals surface area contributed by atoms with E-state index in [1.165, 1.54) is 10.4 Å². The van der Waals surface area contributed by atoms with Crippen molar-refractivity contribution in [1.82, 2.24) is 0 Å². The highest BCUT2D eigenvalue weighted by molar-refractivity contribution is 6.99. The molecule has 0 saturated carbocycles. The van der Waals surface area contributed by atoms with Crippen molar-refractivity contribution in [2.45, 2.75) is 96.6 Å². The monoisotopic (exact) mass is 546 g/mol. The van der Waals surface area contributed by atoms with Gasteiger partial charge in [-0.25, -0.2) is 0 Å². The third-order valence-electron chi connectivity index (χ3n) is 7.62. The van der Waals surface area contributed by atoms with E-state index in [1.807, 2.05) is 12.1 Å². The van der Waals surface area contributed by atoms with E-state index in [9.17, 15) is 13.2 Å². The molecule has 0 heterocycles. The fraction of sp³-hybridized carbons (Fsp3) is 0.548. The van der Waals surface area contributed by atoms with Gasteiger partial charge in [-0.2, -0.15) is 13.2 Å². The van der Waals surface area contributed by atoms with Crippen LogP contribution in [0.15, 0.2) is 60.7 Å². The minimum absolute atomic E-state index is 0.0203. The van der Waals surface area contributed by atoms with E-state index in [-0.39, 0.29) is 10.1 Å². The van der Waals surface area contributed by atoms with Crippen molar-refractivity contribution in [3.05, 3.63) is 60.7 Å². The predicted molar refractivity (Wildman–Crippen MR) is 157 cm³/mol. The molecule has 0 fully saturated rings. The summed E-state index contributed by atoms with van der Waals surface area (Å²) in [5, 5.41) is 2.32. The topological polar surface area (TPSA) is 9.23 Å². The fourth-order valence-corrected chi connectivity index (χ4v) is 10.0. The van der Waals surface area contributed by atoms with Crippen LogP contribution in [0.1, 0.15) is 67.2 Å². The molecule has 0 aliphatic heterocycles. The first-order chi connectivity index (χ1) is 17.0. The van der Waals surface area contributed by atoms with E-state index >= 15 is 0 Å². The van der Waals surface area contributed by atoms with Crippen molar-refractivity contribution in [3.8, 4) is 11.5 Å². The summed E-state index contributed by atoms with van der Waals surface area (Å²) in [7, 11) is -4.59. The Kier molecular flexibility index (Phi) is 10.5. The first-order valence-electron chi connectivity index (χ1n) is 13.3. The van der Waals surface area contributed by atoms with E-state index in [1.54, 1.807) is 0 Å². The highest BCUT2D eigenvalue weighted by Crippen LogP contribution is 2.37. The first kappa shape index (κ1) is 31.4. The van der Waals surface area contributed by atoms with Crippen molar-refractivity contribution >= 4 is 26.8 Å². The number of benzene rings is 2. The number of alkyl halides is 3. The predicted octanol–water partition coefficient (Wildman–Crippen LogP) is 8.35. The van der Waals surface area contributed by atoms with Crippen molar-refractivity contribution in [2.24, 2.45) is 5.92 Å². The second kappa shape index (κ2) is 12.4. The lowest BCUT2D eigenvalue weighted by molar-refractivity contribution is -0.141. The Morgan fingerprint density at radius 1 is 0.757 bits per heavy atom. The maximum Gasteiger partial charge on any atom is 0.390 e. The van der Waals surface area contributed by atoms with Gasteiger partial charge in [-0.1, -0.05) is 115 Å². The summed E-state index contributed by atoms with van der Waals surface area (Å²) in [6, 6.07) is 20.9. The van der Waals surface area contributed by atoms with Crippen molar-refractivity contribution in [3.63, 3.8) is 0 Å². The fourth-order valence-electron chi connectivity index (χ4n) is 4.45. The van der Waals surface area contributed by atoms with Gasteiger partial charge in [0.05, 0.1) is 6.42 Å². The highest BCUT2D eigenvalue weighted by Gasteiger charge is 2.50. The van der Waals surface area contributed by atoms with Gasteiger partial charge in [0, 0.05) is 12.5 Å². The van der Waals surface area contributed by atoms with Crippen LogP contribution in [-0.4, -0.2) is 29.2 Å². The molecular formula is C31H45F3OSi2. The zero-order valence-electron chi connectivity index (χ0n) is 23.9. The van der Waals surface area contributed by atoms with Gasteiger partial charge in [0.2, 0.25) is 0 Å². The molecule has 0 N–H and O–H groups in total. The average Bonchev–Trinajstić information content (AvgIpc) is 2.78. The van der Waals surface area contributed by atoms with Crippen LogP contribution in [-0.2, 0) is 4.43 Å². The van der Waals surface area contributed by atoms with Crippen LogP contribution in [0.4, 0.5) is 13.2 Å². The van der Waals surface area contributed by atoms with Crippen LogP contribution in [0.5, 0.6) is 0 Å². The normalized spacial score (nSPS) is 14.1. The Balaban J connectivity index is 2.20. The van der Waals surface area contributed by atoms with Crippen molar-refractivity contribution < 1.29 is 17.6 Å². The summed E-state index contributed by atoms with van der Waals surface area (Å²) >= 11 is 0. The highest BCUT2D eigenvalue weighted by atomic mass is 28.4. The third-order valence-corrected chi connectivity index (χ3v) is 17.2. The molecule has 0 bridgehead atoms.